The predicted octanol–water partition coefficient (Wildman–Crippen LogP) is 1.68. The summed E-state index contributed by atoms with van der Waals surface area (Å²) < 4.78 is 0. The summed E-state index contributed by atoms with van der Waals surface area (Å²) in [5.41, 5.74) is 1.59. The van der Waals surface area contributed by atoms with Gasteiger partial charge < -0.3 is 10.2 Å². The third-order valence-electron chi connectivity index (χ3n) is 2.04. The molecule has 4 nitrogen and oxygen atoms in total. The lowest BCUT2D eigenvalue weighted by Gasteiger charge is -2.16. The van der Waals surface area contributed by atoms with Crippen LogP contribution in [0.3, 0.4) is 0 Å². The van der Waals surface area contributed by atoms with Gasteiger partial charge in [-0.05, 0) is 6.42 Å². The van der Waals surface area contributed by atoms with Gasteiger partial charge in [0.15, 0.2) is 0 Å². The molecule has 0 saturated carbocycles. The second-order valence-electron chi connectivity index (χ2n) is 3.08. The first-order valence-corrected chi connectivity index (χ1v) is 5.34. The number of aromatic nitrogens is 1. The number of hydrogen-bond donors (Lipinski definition) is 2. The van der Waals surface area contributed by atoms with Gasteiger partial charge in [-0.15, -0.1) is 11.3 Å². The third-order valence-corrected chi connectivity index (χ3v) is 2.89. The SMILES string of the molecule is CCCC(C(=O)O)C(O)c1cncs1. The van der Waals surface area contributed by atoms with Crippen LogP contribution in [0, 0.1) is 5.92 Å². The molecule has 0 aliphatic heterocycles. The largest absolute Gasteiger partial charge is 0.481 e. The lowest BCUT2D eigenvalue weighted by Crippen LogP contribution is -2.21. The van der Waals surface area contributed by atoms with E-state index in [4.69, 9.17) is 5.11 Å². The molecular formula is C9H13NO3S. The molecular weight excluding hydrogens is 202 g/mol. The molecule has 1 rings (SSSR count). The van der Waals surface area contributed by atoms with Crippen molar-refractivity contribution in [1.82, 2.24) is 4.98 Å². The topological polar surface area (TPSA) is 70.4 Å². The number of carbonyl (C=O) groups is 1. The Hall–Kier alpha value is -0.940. The van der Waals surface area contributed by atoms with Gasteiger partial charge in [-0.25, -0.2) is 0 Å². The Morgan fingerprint density at radius 2 is 2.43 bits per heavy atom. The Bertz CT molecular complexity index is 286. The van der Waals surface area contributed by atoms with Crippen LogP contribution >= 0.6 is 11.3 Å². The van der Waals surface area contributed by atoms with E-state index in [-0.39, 0.29) is 0 Å². The van der Waals surface area contributed by atoms with Gasteiger partial charge in [-0.3, -0.25) is 9.78 Å². The van der Waals surface area contributed by atoms with Crippen LogP contribution in [0.15, 0.2) is 11.7 Å². The van der Waals surface area contributed by atoms with Gasteiger partial charge in [0, 0.05) is 6.20 Å². The number of hydrogen-bond acceptors (Lipinski definition) is 4. The highest BCUT2D eigenvalue weighted by Gasteiger charge is 2.27. The van der Waals surface area contributed by atoms with Crippen LogP contribution in [0.1, 0.15) is 30.7 Å². The molecule has 0 saturated heterocycles. The zero-order chi connectivity index (χ0) is 10.6. The Labute approximate surface area is 86.2 Å². The van der Waals surface area contributed by atoms with E-state index in [0.717, 1.165) is 6.42 Å². The van der Waals surface area contributed by atoms with Gasteiger partial charge in [0.25, 0.3) is 0 Å². The maximum Gasteiger partial charge on any atom is 0.309 e. The van der Waals surface area contributed by atoms with Crippen LogP contribution in [-0.4, -0.2) is 21.2 Å². The van der Waals surface area contributed by atoms with Crippen LogP contribution in [0.2, 0.25) is 0 Å². The minimum Gasteiger partial charge on any atom is -0.481 e. The molecule has 1 aromatic heterocycles. The zero-order valence-corrected chi connectivity index (χ0v) is 8.70. The van der Waals surface area contributed by atoms with E-state index >= 15 is 0 Å². The Morgan fingerprint density at radius 1 is 1.71 bits per heavy atom. The maximum atomic E-state index is 10.9. The molecule has 0 bridgehead atoms. The van der Waals surface area contributed by atoms with Crippen LogP contribution in [0.4, 0.5) is 0 Å². The average Bonchev–Trinajstić information content (AvgIpc) is 2.65. The van der Waals surface area contributed by atoms with Gasteiger partial charge in [-0.2, -0.15) is 0 Å². The molecule has 1 aromatic rings. The van der Waals surface area contributed by atoms with Gasteiger partial charge in [-0.1, -0.05) is 13.3 Å². The molecule has 0 aliphatic carbocycles. The molecule has 0 aliphatic rings. The fourth-order valence-electron chi connectivity index (χ4n) is 1.30. The fourth-order valence-corrected chi connectivity index (χ4v) is 1.97. The molecule has 0 fully saturated rings. The number of nitrogens with zero attached hydrogens (tertiary/aromatic N) is 1. The van der Waals surface area contributed by atoms with Crippen molar-refractivity contribution in [2.24, 2.45) is 5.92 Å². The quantitative estimate of drug-likeness (QED) is 0.784. The molecule has 0 aromatic carbocycles. The first kappa shape index (κ1) is 11.1. The molecule has 0 radical (unpaired) electrons. The summed E-state index contributed by atoms with van der Waals surface area (Å²) in [6.07, 6.45) is 1.81. The molecule has 5 heteroatoms. The average molecular weight is 215 g/mol. The van der Waals surface area contributed by atoms with Gasteiger partial charge >= 0.3 is 5.97 Å². The van der Waals surface area contributed by atoms with Gasteiger partial charge in [0.1, 0.15) is 6.10 Å². The maximum absolute atomic E-state index is 10.9. The van der Waals surface area contributed by atoms with Crippen LogP contribution in [-0.2, 0) is 4.79 Å². The van der Waals surface area contributed by atoms with Crippen molar-refractivity contribution in [3.05, 3.63) is 16.6 Å². The number of aliphatic hydroxyl groups is 1. The van der Waals surface area contributed by atoms with E-state index < -0.39 is 18.0 Å². The molecule has 14 heavy (non-hydrogen) atoms. The van der Waals surface area contributed by atoms with Crippen molar-refractivity contribution >= 4 is 17.3 Å². The summed E-state index contributed by atoms with van der Waals surface area (Å²) in [7, 11) is 0. The first-order chi connectivity index (χ1) is 6.66. The fraction of sp³-hybridized carbons (Fsp3) is 0.556. The van der Waals surface area contributed by atoms with Crippen LogP contribution < -0.4 is 0 Å². The van der Waals surface area contributed by atoms with Crippen LogP contribution in [0.25, 0.3) is 0 Å². The molecule has 1 heterocycles. The Kier molecular flexibility index (Phi) is 4.03. The standard InChI is InChI=1S/C9H13NO3S/c1-2-3-6(9(12)13)8(11)7-4-10-5-14-7/h4-6,8,11H,2-3H2,1H3,(H,12,13). The van der Waals surface area contributed by atoms with E-state index in [2.05, 4.69) is 4.98 Å². The number of thiazole rings is 1. The van der Waals surface area contributed by atoms with E-state index in [0.29, 0.717) is 11.3 Å². The number of aliphatic carboxylic acids is 1. The Morgan fingerprint density at radius 3 is 2.86 bits per heavy atom. The summed E-state index contributed by atoms with van der Waals surface area (Å²) in [6, 6.07) is 0. The summed E-state index contributed by atoms with van der Waals surface area (Å²) in [6.45, 7) is 1.90. The van der Waals surface area contributed by atoms with Crippen molar-refractivity contribution in [1.29, 1.82) is 0 Å². The summed E-state index contributed by atoms with van der Waals surface area (Å²) in [5, 5.41) is 18.7. The van der Waals surface area contributed by atoms with Crippen molar-refractivity contribution in [2.45, 2.75) is 25.9 Å². The zero-order valence-electron chi connectivity index (χ0n) is 7.88. The molecule has 0 spiro atoms. The second-order valence-corrected chi connectivity index (χ2v) is 4.00. The van der Waals surface area contributed by atoms with E-state index in [1.165, 1.54) is 17.5 Å². The summed E-state index contributed by atoms with van der Waals surface area (Å²) in [4.78, 5) is 15.3. The number of carboxylic acid groups (broad SMARTS) is 1. The number of aliphatic hydroxyl groups excluding tert-OH is 1. The molecule has 0 amide bonds. The highest BCUT2D eigenvalue weighted by atomic mass is 32.1. The van der Waals surface area contributed by atoms with E-state index in [9.17, 15) is 9.90 Å². The normalized spacial score (nSPS) is 15.0. The van der Waals surface area contributed by atoms with E-state index in [1.54, 1.807) is 5.51 Å². The molecule has 2 unspecified atom stereocenters. The van der Waals surface area contributed by atoms with Crippen LogP contribution in [0.5, 0.6) is 0 Å². The van der Waals surface area contributed by atoms with Crippen molar-refractivity contribution in [3.63, 3.8) is 0 Å². The Balaban J connectivity index is 2.73. The monoisotopic (exact) mass is 215 g/mol. The van der Waals surface area contributed by atoms with Gasteiger partial charge in [0.05, 0.1) is 16.3 Å². The molecule has 78 valence electrons. The van der Waals surface area contributed by atoms with Gasteiger partial charge in [0.2, 0.25) is 0 Å². The minimum atomic E-state index is -0.951. The van der Waals surface area contributed by atoms with Crippen molar-refractivity contribution < 1.29 is 15.0 Å². The highest BCUT2D eigenvalue weighted by molar-refractivity contribution is 7.09. The van der Waals surface area contributed by atoms with Crippen molar-refractivity contribution in [2.75, 3.05) is 0 Å². The van der Waals surface area contributed by atoms with Crippen molar-refractivity contribution in [3.8, 4) is 0 Å². The minimum absolute atomic E-state index is 0.481. The lowest BCUT2D eigenvalue weighted by molar-refractivity contribution is -0.146. The number of carboxylic acids is 1. The highest BCUT2D eigenvalue weighted by Crippen LogP contribution is 2.28. The lowest BCUT2D eigenvalue weighted by atomic mass is 9.96. The molecule has 2 N–H and O–H groups in total. The first-order valence-electron chi connectivity index (χ1n) is 4.46. The predicted molar refractivity (Wildman–Crippen MR) is 53.1 cm³/mol. The molecule has 2 atom stereocenters. The summed E-state index contributed by atoms with van der Waals surface area (Å²) >= 11 is 1.28. The smallest absolute Gasteiger partial charge is 0.309 e. The second kappa shape index (κ2) is 5.07. The summed E-state index contributed by atoms with van der Waals surface area (Å²) in [5.74, 6) is -1.67. The number of rotatable bonds is 5. The third kappa shape index (κ3) is 2.52. The van der Waals surface area contributed by atoms with E-state index in [1.807, 2.05) is 6.92 Å².